The minimum absolute atomic E-state index is 0.656. The predicted molar refractivity (Wildman–Crippen MR) is 107 cm³/mol. The van der Waals surface area contributed by atoms with Crippen LogP contribution in [-0.2, 0) is 0 Å². The predicted octanol–water partition coefficient (Wildman–Crippen LogP) is 5.58. The van der Waals surface area contributed by atoms with Gasteiger partial charge in [0.05, 0.1) is 0 Å². The maximum atomic E-state index is 5.50. The Morgan fingerprint density at radius 1 is 0.625 bits per heavy atom. The Kier molecular flexibility index (Phi) is 5.38. The van der Waals surface area contributed by atoms with Crippen LogP contribution in [0, 0.1) is 0 Å². The second-order valence-electron chi connectivity index (χ2n) is 5.27. The molecule has 0 atom stereocenters. The molecule has 3 rings (SSSR count). The summed E-state index contributed by atoms with van der Waals surface area (Å²) in [6.07, 6.45) is 1.95. The summed E-state index contributed by atoms with van der Waals surface area (Å²) in [5.41, 5.74) is 4.04. The summed E-state index contributed by atoms with van der Waals surface area (Å²) in [6, 6.07) is 30.2. The van der Waals surface area contributed by atoms with E-state index in [1.165, 1.54) is 0 Å². The van der Waals surface area contributed by atoms with E-state index < -0.39 is 0 Å². The Labute approximate surface area is 147 Å². The molecule has 0 aliphatic carbocycles. The Morgan fingerprint density at radius 2 is 1.08 bits per heavy atom. The molecule has 3 aromatic carbocycles. The van der Waals surface area contributed by atoms with E-state index in [2.05, 4.69) is 22.8 Å². The van der Waals surface area contributed by atoms with Crippen LogP contribution in [0.3, 0.4) is 0 Å². The maximum Gasteiger partial charge on any atom is 0.105 e. The van der Waals surface area contributed by atoms with Crippen molar-refractivity contribution in [3.05, 3.63) is 103 Å². The molecule has 24 heavy (non-hydrogen) atoms. The topological polar surface area (TPSA) is 24.1 Å². The minimum atomic E-state index is 0.656. The van der Waals surface area contributed by atoms with E-state index in [4.69, 9.17) is 12.2 Å². The number of thiocarbonyl (C=S) groups is 1. The summed E-state index contributed by atoms with van der Waals surface area (Å²) in [7, 11) is 0. The van der Waals surface area contributed by atoms with Crippen LogP contribution in [0.25, 0.3) is 5.70 Å². The molecule has 0 saturated carbocycles. The zero-order valence-electron chi connectivity index (χ0n) is 13.1. The number of para-hydroxylation sites is 2. The third kappa shape index (κ3) is 4.54. The van der Waals surface area contributed by atoms with Crippen LogP contribution in [0.2, 0.25) is 0 Å². The SMILES string of the molecule is S=C(C=C(Nc1ccccc1)c1ccccc1)Nc1ccccc1. The Hall–Kier alpha value is -2.91. The number of hydrogen-bond donors (Lipinski definition) is 2. The molecule has 118 valence electrons. The molecule has 0 fully saturated rings. The van der Waals surface area contributed by atoms with Crippen LogP contribution in [0.15, 0.2) is 97.1 Å². The van der Waals surface area contributed by atoms with Gasteiger partial charge in [-0.3, -0.25) is 0 Å². The Balaban J connectivity index is 1.85. The van der Waals surface area contributed by atoms with E-state index >= 15 is 0 Å². The van der Waals surface area contributed by atoms with Crippen molar-refractivity contribution in [1.29, 1.82) is 0 Å². The highest BCUT2D eigenvalue weighted by Crippen LogP contribution is 2.19. The van der Waals surface area contributed by atoms with Gasteiger partial charge >= 0.3 is 0 Å². The monoisotopic (exact) mass is 330 g/mol. The summed E-state index contributed by atoms with van der Waals surface area (Å²) in [5.74, 6) is 0. The summed E-state index contributed by atoms with van der Waals surface area (Å²) in [6.45, 7) is 0. The zero-order chi connectivity index (χ0) is 16.6. The fraction of sp³-hybridized carbons (Fsp3) is 0. The molecule has 0 heterocycles. The number of benzene rings is 3. The van der Waals surface area contributed by atoms with Crippen LogP contribution >= 0.6 is 12.2 Å². The third-order valence-corrected chi connectivity index (χ3v) is 3.67. The summed E-state index contributed by atoms with van der Waals surface area (Å²) >= 11 is 5.50. The first-order valence-corrected chi connectivity index (χ1v) is 8.17. The quantitative estimate of drug-likeness (QED) is 0.472. The number of anilines is 2. The smallest absolute Gasteiger partial charge is 0.105 e. The van der Waals surface area contributed by atoms with E-state index in [1.54, 1.807) is 0 Å². The van der Waals surface area contributed by atoms with Crippen LogP contribution in [0.1, 0.15) is 5.56 Å². The lowest BCUT2D eigenvalue weighted by Crippen LogP contribution is -2.09. The molecule has 3 heteroatoms. The van der Waals surface area contributed by atoms with E-state index in [1.807, 2.05) is 84.9 Å². The van der Waals surface area contributed by atoms with Gasteiger partial charge < -0.3 is 10.6 Å². The molecular formula is C21H18N2S. The van der Waals surface area contributed by atoms with Crippen molar-refractivity contribution < 1.29 is 0 Å². The van der Waals surface area contributed by atoms with Crippen LogP contribution in [0.5, 0.6) is 0 Å². The average Bonchev–Trinajstić information content (AvgIpc) is 2.63. The van der Waals surface area contributed by atoms with Crippen LogP contribution in [-0.4, -0.2) is 4.99 Å². The van der Waals surface area contributed by atoms with Gasteiger partial charge in [0.25, 0.3) is 0 Å². The molecule has 0 radical (unpaired) electrons. The van der Waals surface area contributed by atoms with Gasteiger partial charge in [0, 0.05) is 17.1 Å². The first kappa shape index (κ1) is 16.0. The van der Waals surface area contributed by atoms with Crippen molar-refractivity contribution in [1.82, 2.24) is 0 Å². The molecule has 0 aliphatic rings. The lowest BCUT2D eigenvalue weighted by Gasteiger charge is -2.13. The van der Waals surface area contributed by atoms with Crippen molar-refractivity contribution in [2.75, 3.05) is 10.6 Å². The minimum Gasteiger partial charge on any atom is -0.355 e. The van der Waals surface area contributed by atoms with E-state index in [9.17, 15) is 0 Å². The number of rotatable bonds is 5. The van der Waals surface area contributed by atoms with Gasteiger partial charge in [0.2, 0.25) is 0 Å². The molecule has 0 unspecified atom stereocenters. The standard InChI is InChI=1S/C21H18N2S/c24-21(23-19-14-8-3-9-15-19)16-20(17-10-4-1-5-11-17)22-18-12-6-2-7-13-18/h1-16,22H,(H,23,24). The highest BCUT2D eigenvalue weighted by atomic mass is 32.1. The molecule has 0 spiro atoms. The highest BCUT2D eigenvalue weighted by Gasteiger charge is 2.04. The molecule has 0 saturated heterocycles. The van der Waals surface area contributed by atoms with Gasteiger partial charge in [-0.05, 0) is 35.9 Å². The average molecular weight is 330 g/mol. The maximum absolute atomic E-state index is 5.50. The van der Waals surface area contributed by atoms with Gasteiger partial charge in [-0.2, -0.15) is 0 Å². The van der Waals surface area contributed by atoms with Gasteiger partial charge in [0.1, 0.15) is 4.99 Å². The first-order valence-electron chi connectivity index (χ1n) is 7.76. The van der Waals surface area contributed by atoms with E-state index in [0.717, 1.165) is 22.6 Å². The van der Waals surface area contributed by atoms with E-state index in [-0.39, 0.29) is 0 Å². The molecule has 3 aromatic rings. The van der Waals surface area contributed by atoms with Crippen molar-refractivity contribution in [3.8, 4) is 0 Å². The lowest BCUT2D eigenvalue weighted by atomic mass is 10.1. The normalized spacial score (nSPS) is 10.9. The van der Waals surface area contributed by atoms with Gasteiger partial charge in [0.15, 0.2) is 0 Å². The molecule has 2 nitrogen and oxygen atoms in total. The van der Waals surface area contributed by atoms with Gasteiger partial charge in [-0.15, -0.1) is 0 Å². The Bertz CT molecular complexity index is 812. The van der Waals surface area contributed by atoms with Crippen molar-refractivity contribution in [3.63, 3.8) is 0 Å². The summed E-state index contributed by atoms with van der Waals surface area (Å²) < 4.78 is 0. The van der Waals surface area contributed by atoms with E-state index in [0.29, 0.717) is 4.99 Å². The lowest BCUT2D eigenvalue weighted by molar-refractivity contribution is 1.53. The third-order valence-electron chi connectivity index (χ3n) is 3.45. The van der Waals surface area contributed by atoms with Gasteiger partial charge in [-0.1, -0.05) is 78.9 Å². The fourth-order valence-corrected chi connectivity index (χ4v) is 2.55. The van der Waals surface area contributed by atoms with Crippen molar-refractivity contribution in [2.24, 2.45) is 0 Å². The van der Waals surface area contributed by atoms with Gasteiger partial charge in [-0.25, -0.2) is 0 Å². The molecular weight excluding hydrogens is 312 g/mol. The van der Waals surface area contributed by atoms with Crippen molar-refractivity contribution in [2.45, 2.75) is 0 Å². The zero-order valence-corrected chi connectivity index (χ0v) is 14.0. The molecule has 0 aromatic heterocycles. The van der Waals surface area contributed by atoms with Crippen LogP contribution in [0.4, 0.5) is 11.4 Å². The molecule has 0 aliphatic heterocycles. The second-order valence-corrected chi connectivity index (χ2v) is 5.71. The summed E-state index contributed by atoms with van der Waals surface area (Å²) in [5, 5.41) is 6.69. The highest BCUT2D eigenvalue weighted by molar-refractivity contribution is 7.81. The summed E-state index contributed by atoms with van der Waals surface area (Å²) in [4.78, 5) is 0.656. The van der Waals surface area contributed by atoms with Crippen molar-refractivity contribution >= 4 is 34.3 Å². The second kappa shape index (κ2) is 8.09. The molecule has 2 N–H and O–H groups in total. The number of nitrogens with one attached hydrogen (secondary N) is 2. The molecule has 0 amide bonds. The first-order chi connectivity index (χ1) is 11.8. The van der Waals surface area contributed by atoms with Crippen LogP contribution < -0.4 is 10.6 Å². The number of hydrogen-bond acceptors (Lipinski definition) is 2. The Morgan fingerprint density at radius 3 is 1.62 bits per heavy atom. The largest absolute Gasteiger partial charge is 0.355 e. The fourth-order valence-electron chi connectivity index (χ4n) is 2.32. The molecule has 0 bridgehead atoms.